The Morgan fingerprint density at radius 1 is 0.949 bits per heavy atom. The summed E-state index contributed by atoms with van der Waals surface area (Å²) in [5.41, 5.74) is 5.44. The van der Waals surface area contributed by atoms with E-state index < -0.39 is 37.6 Å². The second kappa shape index (κ2) is 17.6. The first-order valence-corrected chi connectivity index (χ1v) is 23.7. The lowest BCUT2D eigenvalue weighted by Gasteiger charge is -2.35. The Morgan fingerprint density at radius 2 is 1.64 bits per heavy atom. The monoisotopic (exact) mass is 817 g/mol. The molecule has 308 valence electrons. The highest BCUT2D eigenvalue weighted by molar-refractivity contribution is 6.77. The van der Waals surface area contributed by atoms with Crippen molar-refractivity contribution in [3.63, 3.8) is 0 Å². The number of nitrogens with zero attached hydrogens (tertiary/aromatic N) is 2. The Balaban J connectivity index is 0.979. The lowest BCUT2D eigenvalue weighted by molar-refractivity contribution is -0.163. The van der Waals surface area contributed by atoms with Crippen molar-refractivity contribution in [1.82, 2.24) is 14.9 Å². The fourth-order valence-corrected chi connectivity index (χ4v) is 10.1. The van der Waals surface area contributed by atoms with E-state index in [1.165, 1.54) is 5.56 Å². The van der Waals surface area contributed by atoms with Crippen molar-refractivity contribution in [2.24, 2.45) is 0 Å². The quantitative estimate of drug-likeness (QED) is 0.0723. The number of hydrogen-bond donors (Lipinski definition) is 3. The first-order chi connectivity index (χ1) is 28.3. The number of carbonyl (C=O) groups is 4. The number of cyclic esters (lactones) is 1. The minimum atomic E-state index is -1.94. The average Bonchev–Trinajstić information content (AvgIpc) is 3.61. The zero-order chi connectivity index (χ0) is 41.7. The molecule has 59 heavy (non-hydrogen) atoms. The predicted molar refractivity (Wildman–Crippen MR) is 223 cm³/mol. The van der Waals surface area contributed by atoms with Crippen LogP contribution in [0.1, 0.15) is 66.1 Å². The van der Waals surface area contributed by atoms with E-state index in [-0.39, 0.29) is 63.6 Å². The number of rotatable bonds is 16. The van der Waals surface area contributed by atoms with Crippen molar-refractivity contribution in [1.29, 1.82) is 0 Å². The number of amides is 1. The van der Waals surface area contributed by atoms with E-state index in [0.717, 1.165) is 34.7 Å². The van der Waals surface area contributed by atoms with E-state index in [9.17, 15) is 29.4 Å². The third-order valence-electron chi connectivity index (χ3n) is 11.7. The molecule has 2 aliphatic heterocycles. The Hall–Kier alpha value is -5.79. The van der Waals surface area contributed by atoms with Crippen LogP contribution >= 0.6 is 0 Å². The second-order valence-electron chi connectivity index (χ2n) is 16.3. The number of benzene rings is 3. The van der Waals surface area contributed by atoms with Crippen molar-refractivity contribution in [3.8, 4) is 0 Å². The van der Waals surface area contributed by atoms with Crippen molar-refractivity contribution >= 4 is 43.7 Å². The van der Waals surface area contributed by atoms with Gasteiger partial charge in [-0.15, -0.1) is 0 Å². The molecule has 2 unspecified atom stereocenters. The number of esters is 3. The number of aliphatic hydroxyl groups is 2. The summed E-state index contributed by atoms with van der Waals surface area (Å²) >= 11 is 0. The van der Waals surface area contributed by atoms with Crippen LogP contribution in [0.2, 0.25) is 25.2 Å². The maximum atomic E-state index is 13.4. The number of aliphatic hydroxyl groups excluding tert-OH is 1. The number of fused-ring (bicyclic) bond motifs is 4. The molecule has 0 fully saturated rings. The zero-order valence-electron chi connectivity index (χ0n) is 33.8. The Kier molecular flexibility index (Phi) is 12.3. The highest BCUT2D eigenvalue weighted by atomic mass is 28.3. The molecule has 1 aliphatic carbocycles. The molecule has 0 radical (unpaired) electrons. The Bertz CT molecular complexity index is 2410. The van der Waals surface area contributed by atoms with Gasteiger partial charge in [0.15, 0.2) is 5.60 Å². The minimum absolute atomic E-state index is 0.0183. The fourth-order valence-electron chi connectivity index (χ4n) is 8.01. The van der Waals surface area contributed by atoms with Gasteiger partial charge in [0, 0.05) is 32.9 Å². The topological polar surface area (TPSA) is 166 Å². The van der Waals surface area contributed by atoms with Gasteiger partial charge in [-0.2, -0.15) is 0 Å². The van der Waals surface area contributed by atoms with Gasteiger partial charge in [0.2, 0.25) is 5.91 Å². The lowest BCUT2D eigenvalue weighted by atomic mass is 9.80. The molecule has 13 heteroatoms. The van der Waals surface area contributed by atoms with Crippen LogP contribution in [0.25, 0.3) is 11.8 Å². The van der Waals surface area contributed by atoms with Gasteiger partial charge in [-0.1, -0.05) is 105 Å². The lowest BCUT2D eigenvalue weighted by Crippen LogP contribution is -2.49. The van der Waals surface area contributed by atoms with Gasteiger partial charge < -0.3 is 34.3 Å². The van der Waals surface area contributed by atoms with Crippen LogP contribution in [0, 0.1) is 0 Å². The molecule has 3 N–H and O–H groups in total. The number of ether oxygens (including phenoxy) is 3. The van der Waals surface area contributed by atoms with Gasteiger partial charge in [0.1, 0.15) is 42.5 Å². The third kappa shape index (κ3) is 9.26. The number of hydrogen-bond acceptors (Lipinski definition) is 10. The summed E-state index contributed by atoms with van der Waals surface area (Å²) in [7, 11) is -1.94. The molecule has 12 nitrogen and oxygen atoms in total. The molecule has 0 spiro atoms. The van der Waals surface area contributed by atoms with Crippen LogP contribution < -0.4 is 16.1 Å². The van der Waals surface area contributed by atoms with E-state index >= 15 is 0 Å². The van der Waals surface area contributed by atoms with E-state index in [1.54, 1.807) is 6.92 Å². The molecule has 0 saturated carbocycles. The van der Waals surface area contributed by atoms with Crippen LogP contribution in [0.15, 0.2) is 90.0 Å². The van der Waals surface area contributed by atoms with Crippen LogP contribution in [0.4, 0.5) is 0 Å². The molecule has 4 aromatic rings. The van der Waals surface area contributed by atoms with Crippen LogP contribution in [0.5, 0.6) is 0 Å². The van der Waals surface area contributed by atoms with Crippen molar-refractivity contribution in [2.45, 2.75) is 102 Å². The summed E-state index contributed by atoms with van der Waals surface area (Å²) in [6.07, 6.45) is 3.41. The molecule has 0 bridgehead atoms. The van der Waals surface area contributed by atoms with E-state index in [4.69, 9.17) is 19.2 Å². The Morgan fingerprint density at radius 3 is 2.34 bits per heavy atom. The predicted octanol–water partition coefficient (Wildman–Crippen LogP) is 4.68. The summed E-state index contributed by atoms with van der Waals surface area (Å²) in [6, 6.07) is 25.4. The number of nitrogens with one attached hydrogen (secondary N) is 1. The summed E-state index contributed by atoms with van der Waals surface area (Å²) in [5.74, 6) is -2.06. The van der Waals surface area contributed by atoms with Gasteiger partial charge in [-0.05, 0) is 64.8 Å². The molecule has 1 amide bonds. The molecule has 2 atom stereocenters. The summed E-state index contributed by atoms with van der Waals surface area (Å²) in [6.45, 7) is 6.80. The SMILES string of the molecule is CCC1(O)C(=O)OCC2=C1Cc1nc3n(c1=C2O)Cc1c(cccc1CC[Si](C)(C)CCC(=O)NC(CCC(=O)OCc1ccccc1)C(=O)OCc1ccccc1)C=3. The average molecular weight is 818 g/mol. The number of carbonyl (C=O) groups excluding carboxylic acids is 4. The Labute approximate surface area is 344 Å². The first kappa shape index (κ1) is 41.4. The number of imidazole rings is 1. The van der Waals surface area contributed by atoms with E-state index in [0.29, 0.717) is 40.3 Å². The third-order valence-corrected chi connectivity index (χ3v) is 14.9. The smallest absolute Gasteiger partial charge is 0.342 e. The standard InChI is InChI=1S/C46H51N3O9Si/c1-4-46(55)36-25-38-42(43(52)35(36)29-58-45(46)54)49-26-34-32(16-11-17-33(34)24-39(49)47-38)20-22-59(2,3)23-21-40(50)48-37(44(53)57-28-31-14-9-6-10-15-31)18-19-41(51)56-27-30-12-7-5-8-13-30/h5-17,24,37,52,55H,4,18-23,25-29H2,1-3H3,(H,48,50). The van der Waals surface area contributed by atoms with Crippen LogP contribution in [0.3, 0.4) is 0 Å². The highest BCUT2D eigenvalue weighted by Gasteiger charge is 2.47. The van der Waals surface area contributed by atoms with Gasteiger partial charge >= 0.3 is 17.9 Å². The first-order valence-electron chi connectivity index (χ1n) is 20.3. The highest BCUT2D eigenvalue weighted by Crippen LogP contribution is 2.36. The van der Waals surface area contributed by atoms with Crippen LogP contribution in [-0.4, -0.2) is 69.9 Å². The number of aromatic nitrogens is 2. The minimum Gasteiger partial charge on any atom is -0.505 e. The maximum Gasteiger partial charge on any atom is 0.342 e. The van der Waals surface area contributed by atoms with Gasteiger partial charge in [-0.3, -0.25) is 9.59 Å². The van der Waals surface area contributed by atoms with E-state index in [1.807, 2.05) is 77.4 Å². The van der Waals surface area contributed by atoms with Crippen molar-refractivity contribution in [2.75, 3.05) is 6.61 Å². The second-order valence-corrected chi connectivity index (χ2v) is 21.6. The molecule has 3 aromatic carbocycles. The molecule has 1 aromatic heterocycles. The van der Waals surface area contributed by atoms with Gasteiger partial charge in [-0.25, -0.2) is 14.6 Å². The molecule has 3 aliphatic rings. The molecular formula is C46H51N3O9Si. The molecule has 0 saturated heterocycles. The van der Waals surface area contributed by atoms with Gasteiger partial charge in [0.25, 0.3) is 0 Å². The molecule has 7 rings (SSSR count). The zero-order valence-corrected chi connectivity index (χ0v) is 34.8. The largest absolute Gasteiger partial charge is 0.505 e. The molecular weight excluding hydrogens is 767 g/mol. The normalized spacial score (nSPS) is 17.4. The summed E-state index contributed by atoms with van der Waals surface area (Å²) in [5, 5.41) is 26.2. The molecule has 3 heterocycles. The van der Waals surface area contributed by atoms with E-state index in [2.05, 4.69) is 30.5 Å². The summed E-state index contributed by atoms with van der Waals surface area (Å²) < 4.78 is 18.3. The van der Waals surface area contributed by atoms with Crippen molar-refractivity contribution < 1.29 is 43.6 Å². The number of aryl methyl sites for hydroxylation is 1. The van der Waals surface area contributed by atoms with Crippen molar-refractivity contribution in [3.05, 3.63) is 134 Å². The fraction of sp³-hybridized carbons (Fsp3) is 0.370. The summed E-state index contributed by atoms with van der Waals surface area (Å²) in [4.78, 5) is 56.7. The maximum absolute atomic E-state index is 13.4. The van der Waals surface area contributed by atoms with Crippen LogP contribution in [-0.2, 0) is 66.0 Å². The van der Waals surface area contributed by atoms with Gasteiger partial charge in [0.05, 0.1) is 12.2 Å².